The van der Waals surface area contributed by atoms with Gasteiger partial charge < -0.3 is 14.7 Å². The number of methoxy groups -OCH3 is 2. The second kappa shape index (κ2) is 5.01. The maximum Gasteiger partial charge on any atom is 0.119 e. The van der Waals surface area contributed by atoms with E-state index in [1.807, 2.05) is 18.2 Å². The summed E-state index contributed by atoms with van der Waals surface area (Å²) < 4.78 is 10.7. The van der Waals surface area contributed by atoms with Crippen molar-refractivity contribution in [1.82, 2.24) is 0 Å². The molecule has 4 rings (SSSR count). The minimum absolute atomic E-state index is 0.155. The average Bonchev–Trinajstić information content (AvgIpc) is 3.08. The molecule has 0 aliphatic heterocycles. The second-order valence-corrected chi connectivity index (χ2v) is 6.42. The number of hydrogen-bond acceptors (Lipinski definition) is 4. The van der Waals surface area contributed by atoms with E-state index in [9.17, 15) is 5.21 Å². The van der Waals surface area contributed by atoms with E-state index in [4.69, 9.17) is 9.47 Å². The molecule has 118 valence electrons. The minimum atomic E-state index is -0.155. The van der Waals surface area contributed by atoms with E-state index in [-0.39, 0.29) is 5.41 Å². The Morgan fingerprint density at radius 1 is 0.870 bits per heavy atom. The van der Waals surface area contributed by atoms with Crippen molar-refractivity contribution in [3.05, 3.63) is 58.7 Å². The Balaban J connectivity index is 1.76. The number of fused-ring (bicyclic) bond motifs is 2. The molecule has 0 saturated heterocycles. The van der Waals surface area contributed by atoms with Crippen molar-refractivity contribution < 1.29 is 14.7 Å². The predicted octanol–water partition coefficient (Wildman–Crippen LogP) is 3.22. The normalized spacial score (nSPS) is 23.1. The molecule has 2 aliphatic rings. The van der Waals surface area contributed by atoms with E-state index < -0.39 is 0 Å². The fraction of sp³-hybridized carbons (Fsp3) is 0.316. The lowest BCUT2D eigenvalue weighted by Crippen LogP contribution is -2.29. The van der Waals surface area contributed by atoms with Gasteiger partial charge in [0.1, 0.15) is 11.5 Å². The zero-order valence-corrected chi connectivity index (χ0v) is 13.3. The summed E-state index contributed by atoms with van der Waals surface area (Å²) in [5.41, 5.74) is 5.46. The van der Waals surface area contributed by atoms with E-state index in [0.29, 0.717) is 0 Å². The standard InChI is InChI=1S/C19H19NO3/c1-22-15-4-3-12-9-19(10-13(12)7-15)11-14-8-16(23-2)5-6-17(14)18(19)20-21/h3-8,21H,9-11H2,1-2H3/b20-18-. The van der Waals surface area contributed by atoms with E-state index in [1.54, 1.807) is 14.2 Å². The van der Waals surface area contributed by atoms with Gasteiger partial charge in [-0.2, -0.15) is 0 Å². The molecule has 0 saturated carbocycles. The maximum absolute atomic E-state index is 9.68. The largest absolute Gasteiger partial charge is 0.497 e. The minimum Gasteiger partial charge on any atom is -0.497 e. The molecule has 0 aromatic heterocycles. The maximum atomic E-state index is 9.68. The molecule has 23 heavy (non-hydrogen) atoms. The molecule has 0 heterocycles. The van der Waals surface area contributed by atoms with Crippen LogP contribution in [0.1, 0.15) is 22.3 Å². The molecule has 0 bridgehead atoms. The van der Waals surface area contributed by atoms with E-state index in [2.05, 4.69) is 23.4 Å². The second-order valence-electron chi connectivity index (χ2n) is 6.42. The fourth-order valence-corrected chi connectivity index (χ4v) is 4.12. The monoisotopic (exact) mass is 309 g/mol. The molecule has 0 fully saturated rings. The van der Waals surface area contributed by atoms with Crippen LogP contribution in [0.5, 0.6) is 11.5 Å². The Morgan fingerprint density at radius 2 is 1.48 bits per heavy atom. The molecule has 2 aromatic carbocycles. The molecule has 1 atom stereocenters. The molecule has 2 aliphatic carbocycles. The molecule has 0 amide bonds. The molecule has 2 aromatic rings. The van der Waals surface area contributed by atoms with Crippen LogP contribution in [-0.2, 0) is 19.3 Å². The third-order valence-corrected chi connectivity index (χ3v) is 5.17. The molecule has 1 unspecified atom stereocenters. The zero-order valence-electron chi connectivity index (χ0n) is 13.3. The van der Waals surface area contributed by atoms with Gasteiger partial charge in [-0.3, -0.25) is 0 Å². The summed E-state index contributed by atoms with van der Waals surface area (Å²) >= 11 is 0. The topological polar surface area (TPSA) is 51.0 Å². The highest BCUT2D eigenvalue weighted by Gasteiger charge is 2.48. The van der Waals surface area contributed by atoms with Crippen molar-refractivity contribution in [2.45, 2.75) is 19.3 Å². The smallest absolute Gasteiger partial charge is 0.119 e. The third-order valence-electron chi connectivity index (χ3n) is 5.17. The van der Waals surface area contributed by atoms with Gasteiger partial charge in [0, 0.05) is 11.0 Å². The van der Waals surface area contributed by atoms with Gasteiger partial charge in [-0.15, -0.1) is 0 Å². The van der Waals surface area contributed by atoms with Crippen LogP contribution in [0.4, 0.5) is 0 Å². The summed E-state index contributed by atoms with van der Waals surface area (Å²) in [7, 11) is 3.36. The fourth-order valence-electron chi connectivity index (χ4n) is 4.12. The zero-order chi connectivity index (χ0) is 16.0. The molecule has 1 N–H and O–H groups in total. The lowest BCUT2D eigenvalue weighted by Gasteiger charge is -2.22. The van der Waals surface area contributed by atoms with Crippen LogP contribution in [0.15, 0.2) is 41.6 Å². The first-order valence-corrected chi connectivity index (χ1v) is 7.75. The van der Waals surface area contributed by atoms with Crippen LogP contribution >= 0.6 is 0 Å². The molecule has 0 radical (unpaired) electrons. The van der Waals surface area contributed by atoms with E-state index in [1.165, 1.54) is 16.7 Å². The first-order valence-electron chi connectivity index (χ1n) is 7.75. The van der Waals surface area contributed by atoms with Gasteiger partial charge in [0.25, 0.3) is 0 Å². The molecule has 1 spiro atoms. The Hall–Kier alpha value is -2.49. The lowest BCUT2D eigenvalue weighted by molar-refractivity contribution is 0.307. The van der Waals surface area contributed by atoms with Crippen molar-refractivity contribution in [3.63, 3.8) is 0 Å². The van der Waals surface area contributed by atoms with Gasteiger partial charge >= 0.3 is 0 Å². The van der Waals surface area contributed by atoms with Crippen LogP contribution < -0.4 is 9.47 Å². The number of benzene rings is 2. The van der Waals surface area contributed by atoms with E-state index >= 15 is 0 Å². The van der Waals surface area contributed by atoms with Gasteiger partial charge in [-0.1, -0.05) is 11.2 Å². The summed E-state index contributed by atoms with van der Waals surface area (Å²) in [6.45, 7) is 0. The van der Waals surface area contributed by atoms with Crippen LogP contribution in [0.3, 0.4) is 0 Å². The predicted molar refractivity (Wildman–Crippen MR) is 87.9 cm³/mol. The van der Waals surface area contributed by atoms with Crippen LogP contribution in [0.2, 0.25) is 0 Å². The lowest BCUT2D eigenvalue weighted by atomic mass is 9.80. The number of rotatable bonds is 2. The van der Waals surface area contributed by atoms with Crippen LogP contribution in [-0.4, -0.2) is 25.1 Å². The van der Waals surface area contributed by atoms with Crippen molar-refractivity contribution in [3.8, 4) is 11.5 Å². The number of oxime groups is 1. The first kappa shape index (κ1) is 14.1. The van der Waals surface area contributed by atoms with Gasteiger partial charge in [0.2, 0.25) is 0 Å². The van der Waals surface area contributed by atoms with Crippen LogP contribution in [0.25, 0.3) is 0 Å². The first-order chi connectivity index (χ1) is 11.2. The highest BCUT2D eigenvalue weighted by Crippen LogP contribution is 2.48. The van der Waals surface area contributed by atoms with Crippen molar-refractivity contribution in [2.75, 3.05) is 14.2 Å². The summed E-state index contributed by atoms with van der Waals surface area (Å²) in [6.07, 6.45) is 2.63. The quantitative estimate of drug-likeness (QED) is 0.684. The molecular weight excluding hydrogens is 290 g/mol. The van der Waals surface area contributed by atoms with Gasteiger partial charge in [0.05, 0.1) is 19.9 Å². The summed E-state index contributed by atoms with van der Waals surface area (Å²) in [4.78, 5) is 0. The molecular formula is C19H19NO3. The number of nitrogens with zero attached hydrogens (tertiary/aromatic N) is 1. The Bertz CT molecular complexity index is 808. The SMILES string of the molecule is COc1ccc2c(c1)CC1(C2)Cc2cc(OC)ccc2/C1=N/O. The van der Waals surface area contributed by atoms with Gasteiger partial charge in [-0.05, 0) is 66.3 Å². The van der Waals surface area contributed by atoms with Crippen LogP contribution in [0, 0.1) is 5.41 Å². The summed E-state index contributed by atoms with van der Waals surface area (Å²) in [5.74, 6) is 1.72. The number of hydrogen-bond donors (Lipinski definition) is 1. The van der Waals surface area contributed by atoms with E-state index in [0.717, 1.165) is 42.0 Å². The summed E-state index contributed by atoms with van der Waals surface area (Å²) in [6, 6.07) is 12.2. The number of ether oxygens (including phenoxy) is 2. The molecule has 4 nitrogen and oxygen atoms in total. The Labute approximate surface area is 135 Å². The molecule has 4 heteroatoms. The van der Waals surface area contributed by atoms with Gasteiger partial charge in [-0.25, -0.2) is 0 Å². The average molecular weight is 309 g/mol. The Kier molecular flexibility index (Phi) is 3.08. The van der Waals surface area contributed by atoms with Gasteiger partial charge in [0.15, 0.2) is 0 Å². The third kappa shape index (κ3) is 2.01. The van der Waals surface area contributed by atoms with Crippen molar-refractivity contribution in [2.24, 2.45) is 10.6 Å². The summed E-state index contributed by atoms with van der Waals surface area (Å²) in [5, 5.41) is 13.4. The van der Waals surface area contributed by atoms with Crippen molar-refractivity contribution in [1.29, 1.82) is 0 Å². The highest BCUT2D eigenvalue weighted by molar-refractivity contribution is 6.09. The van der Waals surface area contributed by atoms with Crippen molar-refractivity contribution >= 4 is 5.71 Å². The Morgan fingerprint density at radius 3 is 2.17 bits per heavy atom. The highest BCUT2D eigenvalue weighted by atomic mass is 16.5.